The van der Waals surface area contributed by atoms with Gasteiger partial charge in [0.15, 0.2) is 11.6 Å². The Balaban J connectivity index is 1.60. The number of carbonyl (C=O) groups is 1. The van der Waals surface area contributed by atoms with Crippen LogP contribution in [0.25, 0.3) is 0 Å². The molecule has 1 amide bonds. The number of halogens is 1. The van der Waals surface area contributed by atoms with Crippen molar-refractivity contribution in [2.75, 3.05) is 13.2 Å². The van der Waals surface area contributed by atoms with Gasteiger partial charge < -0.3 is 18.8 Å². The molecule has 1 saturated heterocycles. The van der Waals surface area contributed by atoms with Crippen molar-refractivity contribution in [3.8, 4) is 5.88 Å². The largest absolute Gasteiger partial charge is 0.467 e. The molecule has 1 aliphatic carbocycles. The van der Waals surface area contributed by atoms with Gasteiger partial charge in [0.2, 0.25) is 0 Å². The van der Waals surface area contributed by atoms with Gasteiger partial charge in [-0.15, -0.1) is 0 Å². The molecule has 2 aromatic heterocycles. The second-order valence-electron chi connectivity index (χ2n) is 5.90. The van der Waals surface area contributed by atoms with E-state index in [-0.39, 0.29) is 29.7 Å². The van der Waals surface area contributed by atoms with Gasteiger partial charge in [-0.3, -0.25) is 4.79 Å². The third-order valence-corrected chi connectivity index (χ3v) is 4.52. The number of pyridine rings is 1. The van der Waals surface area contributed by atoms with Crippen molar-refractivity contribution in [1.82, 2.24) is 9.88 Å². The lowest BCUT2D eigenvalue weighted by molar-refractivity contribution is 0.000276. The first-order valence-electron chi connectivity index (χ1n) is 7.97. The number of ether oxygens (including phenoxy) is 2. The zero-order valence-electron chi connectivity index (χ0n) is 12.9. The van der Waals surface area contributed by atoms with Crippen molar-refractivity contribution in [2.24, 2.45) is 0 Å². The van der Waals surface area contributed by atoms with Crippen LogP contribution in [0.1, 0.15) is 23.4 Å². The summed E-state index contributed by atoms with van der Waals surface area (Å²) in [7, 11) is 0. The molecule has 1 saturated carbocycles. The average molecular weight is 332 g/mol. The molecule has 2 aromatic rings. The Hall–Kier alpha value is -2.41. The van der Waals surface area contributed by atoms with Crippen LogP contribution in [0.5, 0.6) is 5.88 Å². The number of aromatic nitrogens is 1. The highest BCUT2D eigenvalue weighted by molar-refractivity contribution is 5.91. The topological polar surface area (TPSA) is 64.8 Å². The van der Waals surface area contributed by atoms with Crippen molar-refractivity contribution in [2.45, 2.75) is 31.1 Å². The van der Waals surface area contributed by atoms with Crippen LogP contribution in [0.15, 0.2) is 41.1 Å². The molecule has 7 heteroatoms. The van der Waals surface area contributed by atoms with E-state index in [1.165, 1.54) is 24.6 Å². The maximum Gasteiger partial charge on any atom is 0.290 e. The lowest BCUT2D eigenvalue weighted by Crippen LogP contribution is -2.47. The minimum atomic E-state index is -0.523. The van der Waals surface area contributed by atoms with Crippen molar-refractivity contribution in [3.63, 3.8) is 0 Å². The van der Waals surface area contributed by atoms with E-state index in [0.29, 0.717) is 13.2 Å². The third kappa shape index (κ3) is 2.65. The van der Waals surface area contributed by atoms with Crippen molar-refractivity contribution in [1.29, 1.82) is 0 Å². The number of rotatable bonds is 3. The van der Waals surface area contributed by atoms with Crippen LogP contribution in [0, 0.1) is 5.82 Å². The van der Waals surface area contributed by atoms with Gasteiger partial charge in [0.25, 0.3) is 11.8 Å². The van der Waals surface area contributed by atoms with Gasteiger partial charge in [0, 0.05) is 12.7 Å². The summed E-state index contributed by atoms with van der Waals surface area (Å²) in [4.78, 5) is 18.3. The number of amides is 1. The molecule has 24 heavy (non-hydrogen) atoms. The van der Waals surface area contributed by atoms with Crippen LogP contribution in [-0.2, 0) is 4.74 Å². The summed E-state index contributed by atoms with van der Waals surface area (Å²) in [6, 6.07) is 5.92. The quantitative estimate of drug-likeness (QED) is 0.863. The van der Waals surface area contributed by atoms with E-state index in [2.05, 4.69) is 4.98 Å². The van der Waals surface area contributed by atoms with Crippen LogP contribution < -0.4 is 4.74 Å². The van der Waals surface area contributed by atoms with E-state index in [1.807, 2.05) is 0 Å². The molecular weight excluding hydrogens is 315 g/mol. The Morgan fingerprint density at radius 1 is 1.33 bits per heavy atom. The highest BCUT2D eigenvalue weighted by Gasteiger charge is 2.46. The molecule has 2 aliphatic rings. The highest BCUT2D eigenvalue weighted by atomic mass is 19.1. The number of hydrogen-bond acceptors (Lipinski definition) is 5. The molecule has 0 N–H and O–H groups in total. The first-order chi connectivity index (χ1) is 11.7. The van der Waals surface area contributed by atoms with Crippen LogP contribution in [0.3, 0.4) is 0 Å². The van der Waals surface area contributed by atoms with Crippen molar-refractivity contribution in [3.05, 3.63) is 48.3 Å². The Morgan fingerprint density at radius 3 is 3.04 bits per heavy atom. The fraction of sp³-hybridized carbons (Fsp3) is 0.412. The molecule has 3 heterocycles. The van der Waals surface area contributed by atoms with E-state index >= 15 is 0 Å². The molecule has 0 radical (unpaired) electrons. The molecule has 2 fully saturated rings. The SMILES string of the molecule is O=C(c1ccco1)N1CCO[C@H]2CC[C@H]1[C@@H]2Oc1ncccc1F. The average Bonchev–Trinajstić information content (AvgIpc) is 3.18. The van der Waals surface area contributed by atoms with Gasteiger partial charge in [-0.2, -0.15) is 0 Å². The second kappa shape index (κ2) is 6.24. The predicted octanol–water partition coefficient (Wildman–Crippen LogP) is 2.26. The smallest absolute Gasteiger partial charge is 0.290 e. The monoisotopic (exact) mass is 332 g/mol. The van der Waals surface area contributed by atoms with E-state index in [9.17, 15) is 9.18 Å². The molecule has 0 spiro atoms. The summed E-state index contributed by atoms with van der Waals surface area (Å²) in [5.74, 6) is -0.505. The summed E-state index contributed by atoms with van der Waals surface area (Å²) >= 11 is 0. The molecule has 126 valence electrons. The summed E-state index contributed by atoms with van der Waals surface area (Å²) in [6.07, 6.45) is 3.81. The summed E-state index contributed by atoms with van der Waals surface area (Å²) in [5.41, 5.74) is 0. The molecule has 6 nitrogen and oxygen atoms in total. The highest BCUT2D eigenvalue weighted by Crippen LogP contribution is 2.33. The zero-order valence-corrected chi connectivity index (χ0v) is 12.9. The standard InChI is InChI=1S/C17H17FN2O4/c18-11-3-1-7-19-16(11)24-15-12-5-6-13(15)23-10-8-20(12)17(21)14-4-2-9-22-14/h1-4,7,9,12-13,15H,5-6,8,10H2/t12-,13-,15-/m0/s1. The summed E-state index contributed by atoms with van der Waals surface area (Å²) in [6.45, 7) is 0.865. The van der Waals surface area contributed by atoms with Crippen LogP contribution in [0.4, 0.5) is 4.39 Å². The number of fused-ring (bicyclic) bond motifs is 2. The van der Waals surface area contributed by atoms with Gasteiger partial charge in [-0.1, -0.05) is 0 Å². The fourth-order valence-corrected chi connectivity index (χ4v) is 3.43. The fourth-order valence-electron chi connectivity index (χ4n) is 3.43. The Bertz CT molecular complexity index is 721. The molecule has 4 rings (SSSR count). The van der Waals surface area contributed by atoms with Crippen LogP contribution >= 0.6 is 0 Å². The number of carbonyl (C=O) groups excluding carboxylic acids is 1. The third-order valence-electron chi connectivity index (χ3n) is 4.52. The van der Waals surface area contributed by atoms with Crippen LogP contribution in [0.2, 0.25) is 0 Å². The minimum Gasteiger partial charge on any atom is -0.467 e. The summed E-state index contributed by atoms with van der Waals surface area (Å²) < 4.78 is 30.7. The van der Waals surface area contributed by atoms with E-state index < -0.39 is 11.9 Å². The van der Waals surface area contributed by atoms with Crippen molar-refractivity contribution >= 4 is 5.91 Å². The van der Waals surface area contributed by atoms with E-state index in [0.717, 1.165) is 12.8 Å². The maximum atomic E-state index is 13.9. The lowest BCUT2D eigenvalue weighted by atomic mass is 10.1. The van der Waals surface area contributed by atoms with Gasteiger partial charge in [-0.05, 0) is 37.1 Å². The van der Waals surface area contributed by atoms with Crippen molar-refractivity contribution < 1.29 is 23.1 Å². The van der Waals surface area contributed by atoms with E-state index in [1.54, 1.807) is 17.0 Å². The van der Waals surface area contributed by atoms with Crippen LogP contribution in [-0.4, -0.2) is 47.2 Å². The van der Waals surface area contributed by atoms with E-state index in [4.69, 9.17) is 13.9 Å². The summed E-state index contributed by atoms with van der Waals surface area (Å²) in [5, 5.41) is 0. The molecule has 0 unspecified atom stereocenters. The first kappa shape index (κ1) is 15.1. The van der Waals surface area contributed by atoms with Gasteiger partial charge in [-0.25, -0.2) is 9.37 Å². The number of hydrogen-bond donors (Lipinski definition) is 0. The van der Waals surface area contributed by atoms with Gasteiger partial charge in [0.05, 0.1) is 25.0 Å². The van der Waals surface area contributed by atoms with Gasteiger partial charge in [0.1, 0.15) is 6.10 Å². The molecular formula is C17H17FN2O4. The first-order valence-corrected chi connectivity index (χ1v) is 7.97. The van der Waals surface area contributed by atoms with Gasteiger partial charge >= 0.3 is 0 Å². The predicted molar refractivity (Wildman–Crippen MR) is 81.1 cm³/mol. The molecule has 2 bridgehead atoms. The maximum absolute atomic E-state index is 13.9. The zero-order chi connectivity index (χ0) is 16.5. The number of furan rings is 1. The second-order valence-corrected chi connectivity index (χ2v) is 5.90. The molecule has 0 aromatic carbocycles. The minimum absolute atomic E-state index is 0.0599. The Labute approximate surface area is 138 Å². The Morgan fingerprint density at radius 2 is 2.25 bits per heavy atom. The normalized spacial score (nSPS) is 26.2. The lowest BCUT2D eigenvalue weighted by Gasteiger charge is -2.30. The molecule has 1 aliphatic heterocycles. The molecule has 3 atom stereocenters. The Kier molecular flexibility index (Phi) is 3.93. The number of nitrogens with zero attached hydrogens (tertiary/aromatic N) is 2.